The zero-order valence-electron chi connectivity index (χ0n) is 10.2. The third-order valence-corrected chi connectivity index (χ3v) is 3.57. The molecule has 1 aromatic carbocycles. The number of nitrogens with zero attached hydrogens (tertiary/aromatic N) is 1. The number of aryl methyl sites for hydroxylation is 1. The molecule has 0 bridgehead atoms. The standard InChI is InChI=1S/C14H19N3/c1-10-3-2-4-11(7-10)8-14-16-12-5-6-15-9-13(12)17-14/h2-4,7,12-13,15H,5-6,8-9H2,1H3,(H,16,17). The summed E-state index contributed by atoms with van der Waals surface area (Å²) in [7, 11) is 0. The monoisotopic (exact) mass is 229 g/mol. The van der Waals surface area contributed by atoms with Crippen LogP contribution in [0.3, 0.4) is 0 Å². The van der Waals surface area contributed by atoms with E-state index in [0.29, 0.717) is 12.1 Å². The maximum atomic E-state index is 4.80. The van der Waals surface area contributed by atoms with Crippen molar-refractivity contribution in [3.8, 4) is 0 Å². The third kappa shape index (κ3) is 2.34. The van der Waals surface area contributed by atoms with Gasteiger partial charge in [0.25, 0.3) is 0 Å². The fourth-order valence-corrected chi connectivity index (χ4v) is 2.71. The van der Waals surface area contributed by atoms with Crippen LogP contribution in [0.1, 0.15) is 17.5 Å². The molecule has 0 aliphatic carbocycles. The molecule has 2 unspecified atom stereocenters. The maximum Gasteiger partial charge on any atom is 0.101 e. The average Bonchev–Trinajstić information content (AvgIpc) is 2.71. The summed E-state index contributed by atoms with van der Waals surface area (Å²) in [6.45, 7) is 4.28. The van der Waals surface area contributed by atoms with Gasteiger partial charge < -0.3 is 10.6 Å². The van der Waals surface area contributed by atoms with Crippen LogP contribution in [0, 0.1) is 6.92 Å². The maximum absolute atomic E-state index is 4.80. The van der Waals surface area contributed by atoms with Crippen LogP contribution in [0.2, 0.25) is 0 Å². The van der Waals surface area contributed by atoms with Crippen LogP contribution in [-0.4, -0.2) is 31.0 Å². The highest BCUT2D eigenvalue weighted by atomic mass is 15.2. The largest absolute Gasteiger partial charge is 0.367 e. The predicted octanol–water partition coefficient (Wildman–Crippen LogP) is 1.27. The summed E-state index contributed by atoms with van der Waals surface area (Å²) >= 11 is 0. The summed E-state index contributed by atoms with van der Waals surface area (Å²) in [5, 5.41) is 6.96. The van der Waals surface area contributed by atoms with Crippen molar-refractivity contribution in [2.24, 2.45) is 4.99 Å². The molecule has 90 valence electrons. The lowest BCUT2D eigenvalue weighted by atomic mass is 10.0. The summed E-state index contributed by atoms with van der Waals surface area (Å²) in [4.78, 5) is 4.80. The zero-order chi connectivity index (χ0) is 11.7. The van der Waals surface area contributed by atoms with Crippen molar-refractivity contribution in [1.82, 2.24) is 10.6 Å². The minimum atomic E-state index is 0.496. The lowest BCUT2D eigenvalue weighted by Gasteiger charge is -2.24. The first-order chi connectivity index (χ1) is 8.31. The molecule has 2 heterocycles. The Bertz CT molecular complexity index is 439. The Morgan fingerprint density at radius 3 is 3.18 bits per heavy atom. The van der Waals surface area contributed by atoms with Crippen LogP contribution in [-0.2, 0) is 6.42 Å². The molecule has 0 saturated carbocycles. The Kier molecular flexibility index (Phi) is 2.85. The van der Waals surface area contributed by atoms with E-state index in [9.17, 15) is 0 Å². The highest BCUT2D eigenvalue weighted by Gasteiger charge is 2.30. The van der Waals surface area contributed by atoms with Crippen molar-refractivity contribution in [3.05, 3.63) is 35.4 Å². The molecule has 1 aromatic rings. The Morgan fingerprint density at radius 2 is 2.35 bits per heavy atom. The van der Waals surface area contributed by atoms with E-state index in [1.165, 1.54) is 11.1 Å². The molecule has 1 fully saturated rings. The van der Waals surface area contributed by atoms with Crippen molar-refractivity contribution in [2.45, 2.75) is 31.8 Å². The molecule has 0 radical (unpaired) electrons. The molecule has 2 aliphatic heterocycles. The molecule has 1 saturated heterocycles. The van der Waals surface area contributed by atoms with Gasteiger partial charge in [0.05, 0.1) is 12.1 Å². The summed E-state index contributed by atoms with van der Waals surface area (Å²) < 4.78 is 0. The van der Waals surface area contributed by atoms with Gasteiger partial charge in [0.15, 0.2) is 0 Å². The van der Waals surface area contributed by atoms with Gasteiger partial charge in [-0.2, -0.15) is 0 Å². The molecule has 2 aliphatic rings. The smallest absolute Gasteiger partial charge is 0.101 e. The molecule has 2 N–H and O–H groups in total. The van der Waals surface area contributed by atoms with Gasteiger partial charge in [0.2, 0.25) is 0 Å². The number of hydrogen-bond acceptors (Lipinski definition) is 3. The van der Waals surface area contributed by atoms with Crippen molar-refractivity contribution in [2.75, 3.05) is 13.1 Å². The number of fused-ring (bicyclic) bond motifs is 1. The van der Waals surface area contributed by atoms with E-state index in [1.54, 1.807) is 0 Å². The molecule has 3 rings (SSSR count). The SMILES string of the molecule is Cc1cccc(CC2=NC3CCNCC3N2)c1. The molecular formula is C14H19N3. The third-order valence-electron chi connectivity index (χ3n) is 3.57. The van der Waals surface area contributed by atoms with E-state index < -0.39 is 0 Å². The summed E-state index contributed by atoms with van der Waals surface area (Å²) in [5.41, 5.74) is 2.67. The predicted molar refractivity (Wildman–Crippen MR) is 70.5 cm³/mol. The molecule has 17 heavy (non-hydrogen) atoms. The Balaban J connectivity index is 1.70. The number of rotatable bonds is 2. The highest BCUT2D eigenvalue weighted by molar-refractivity contribution is 5.86. The van der Waals surface area contributed by atoms with Gasteiger partial charge in [-0.05, 0) is 25.5 Å². The fourth-order valence-electron chi connectivity index (χ4n) is 2.71. The lowest BCUT2D eigenvalue weighted by molar-refractivity contribution is 0.402. The minimum Gasteiger partial charge on any atom is -0.367 e. The van der Waals surface area contributed by atoms with Crippen LogP contribution in [0.15, 0.2) is 29.3 Å². The van der Waals surface area contributed by atoms with Gasteiger partial charge >= 0.3 is 0 Å². The number of nitrogens with one attached hydrogen (secondary N) is 2. The highest BCUT2D eigenvalue weighted by Crippen LogP contribution is 2.16. The van der Waals surface area contributed by atoms with Gasteiger partial charge in [0, 0.05) is 13.0 Å². The van der Waals surface area contributed by atoms with Gasteiger partial charge in [-0.1, -0.05) is 29.8 Å². The number of aliphatic imine (C=N–C) groups is 1. The van der Waals surface area contributed by atoms with Crippen LogP contribution < -0.4 is 10.6 Å². The van der Waals surface area contributed by atoms with Gasteiger partial charge in [0.1, 0.15) is 5.84 Å². The Hall–Kier alpha value is -1.35. The van der Waals surface area contributed by atoms with E-state index in [1.807, 2.05) is 0 Å². The first kappa shape index (κ1) is 10.8. The second-order valence-electron chi connectivity index (χ2n) is 5.05. The van der Waals surface area contributed by atoms with Gasteiger partial charge in [-0.3, -0.25) is 4.99 Å². The molecule has 0 spiro atoms. The molecule has 3 nitrogen and oxygen atoms in total. The lowest BCUT2D eigenvalue weighted by Crippen LogP contribution is -2.48. The number of piperidine rings is 1. The van der Waals surface area contributed by atoms with Crippen molar-refractivity contribution in [3.63, 3.8) is 0 Å². The van der Waals surface area contributed by atoms with Gasteiger partial charge in [-0.15, -0.1) is 0 Å². The first-order valence-electron chi connectivity index (χ1n) is 6.41. The molecular weight excluding hydrogens is 210 g/mol. The topological polar surface area (TPSA) is 36.4 Å². The van der Waals surface area contributed by atoms with Crippen LogP contribution >= 0.6 is 0 Å². The normalized spacial score (nSPS) is 27.2. The molecule has 0 amide bonds. The minimum absolute atomic E-state index is 0.496. The van der Waals surface area contributed by atoms with E-state index in [-0.39, 0.29) is 0 Å². The first-order valence-corrected chi connectivity index (χ1v) is 6.41. The second-order valence-corrected chi connectivity index (χ2v) is 5.05. The van der Waals surface area contributed by atoms with Crippen molar-refractivity contribution < 1.29 is 0 Å². The molecule has 3 heteroatoms. The summed E-state index contributed by atoms with van der Waals surface area (Å²) in [6, 6.07) is 9.69. The van der Waals surface area contributed by atoms with E-state index >= 15 is 0 Å². The number of benzene rings is 1. The summed E-state index contributed by atoms with van der Waals surface area (Å²) in [5.74, 6) is 1.16. The average molecular weight is 229 g/mol. The summed E-state index contributed by atoms with van der Waals surface area (Å²) in [6.07, 6.45) is 2.10. The number of hydrogen-bond donors (Lipinski definition) is 2. The number of amidine groups is 1. The van der Waals surface area contributed by atoms with Crippen LogP contribution in [0.25, 0.3) is 0 Å². The Labute approximate surface area is 102 Å². The van der Waals surface area contributed by atoms with E-state index in [0.717, 1.165) is 31.8 Å². The molecule has 0 aromatic heterocycles. The van der Waals surface area contributed by atoms with Crippen LogP contribution in [0.4, 0.5) is 0 Å². The second kappa shape index (κ2) is 4.49. The quantitative estimate of drug-likeness (QED) is 0.801. The fraction of sp³-hybridized carbons (Fsp3) is 0.500. The van der Waals surface area contributed by atoms with Gasteiger partial charge in [-0.25, -0.2) is 0 Å². The van der Waals surface area contributed by atoms with E-state index in [2.05, 4.69) is 41.8 Å². The Morgan fingerprint density at radius 1 is 1.41 bits per heavy atom. The zero-order valence-corrected chi connectivity index (χ0v) is 10.2. The van der Waals surface area contributed by atoms with Crippen LogP contribution in [0.5, 0.6) is 0 Å². The van der Waals surface area contributed by atoms with Crippen molar-refractivity contribution >= 4 is 5.84 Å². The molecule has 2 atom stereocenters. The van der Waals surface area contributed by atoms with E-state index in [4.69, 9.17) is 4.99 Å². The van der Waals surface area contributed by atoms with Crippen molar-refractivity contribution in [1.29, 1.82) is 0 Å².